The number of carbonyl (C=O) groups excluding carboxylic acids is 3. The second kappa shape index (κ2) is 15.0. The van der Waals surface area contributed by atoms with E-state index in [0.29, 0.717) is 0 Å². The maximum absolute atomic E-state index is 12.8. The van der Waals surface area contributed by atoms with Gasteiger partial charge in [0.15, 0.2) is 0 Å². The summed E-state index contributed by atoms with van der Waals surface area (Å²) in [6.45, 7) is 4.66. The van der Waals surface area contributed by atoms with E-state index in [9.17, 15) is 24.3 Å². The molecule has 4 N–H and O–H groups in total. The van der Waals surface area contributed by atoms with Crippen molar-refractivity contribution in [2.45, 2.75) is 58.5 Å². The van der Waals surface area contributed by atoms with E-state index in [1.54, 1.807) is 69.3 Å². The molecule has 12 nitrogen and oxygen atoms in total. The van der Waals surface area contributed by atoms with Gasteiger partial charge in [-0.1, -0.05) is 60.7 Å². The van der Waals surface area contributed by atoms with Crippen LogP contribution in [-0.2, 0) is 32.2 Å². The average Bonchev–Trinajstić information content (AvgIpc) is 2.87. The van der Waals surface area contributed by atoms with Gasteiger partial charge in [0.1, 0.15) is 24.9 Å². The predicted octanol–water partition coefficient (Wildman–Crippen LogP) is 4.03. The molecule has 0 radical (unpaired) electrons. The van der Waals surface area contributed by atoms with Crippen molar-refractivity contribution in [3.05, 3.63) is 71.8 Å². The van der Waals surface area contributed by atoms with Crippen LogP contribution < -0.4 is 11.1 Å². The van der Waals surface area contributed by atoms with Gasteiger partial charge in [-0.15, -0.1) is 4.99 Å². The average molecular weight is 543 g/mol. The highest BCUT2D eigenvalue weighted by Crippen LogP contribution is 2.10. The normalized spacial score (nSPS) is 12.1. The van der Waals surface area contributed by atoms with Crippen molar-refractivity contribution in [2.24, 2.45) is 10.7 Å². The number of carboxylic acids is 1. The zero-order valence-corrected chi connectivity index (χ0v) is 22.2. The van der Waals surface area contributed by atoms with Gasteiger partial charge in [-0.05, 0) is 44.7 Å². The number of nitrogens with zero attached hydrogens (tertiary/aromatic N) is 2. The molecule has 0 bridgehead atoms. The summed E-state index contributed by atoms with van der Waals surface area (Å²) in [6, 6.07) is 16.5. The van der Waals surface area contributed by atoms with Crippen molar-refractivity contribution in [2.75, 3.05) is 6.54 Å². The summed E-state index contributed by atoms with van der Waals surface area (Å²) >= 11 is 0. The molecular weight excluding hydrogens is 508 g/mol. The number of rotatable bonds is 10. The number of nitrogens with two attached hydrogens (primary N) is 1. The van der Waals surface area contributed by atoms with Crippen molar-refractivity contribution in [1.29, 1.82) is 0 Å². The fourth-order valence-corrected chi connectivity index (χ4v) is 3.16. The summed E-state index contributed by atoms with van der Waals surface area (Å²) in [5.74, 6) is -1.77. The molecule has 2 aromatic carbocycles. The summed E-state index contributed by atoms with van der Waals surface area (Å²) in [4.78, 5) is 53.3. The fourth-order valence-electron chi connectivity index (χ4n) is 3.16. The number of ether oxygens (including phenoxy) is 3. The van der Waals surface area contributed by atoms with Crippen LogP contribution in [0.5, 0.6) is 0 Å². The van der Waals surface area contributed by atoms with E-state index >= 15 is 0 Å². The Balaban J connectivity index is 2.06. The summed E-state index contributed by atoms with van der Waals surface area (Å²) in [6.07, 6.45) is -2.84. The first-order valence-electron chi connectivity index (χ1n) is 12.2. The third kappa shape index (κ3) is 12.0. The molecule has 1 atom stereocenters. The molecule has 0 aliphatic carbocycles. The standard InChI is InChI=1S/C27H34N4O8/c1-27(2,3)39-25(35)29-21(22(32)33)15-10-16-31(26(36)38-18-20-13-8-5-9-14-20)23(28)30-24(34)37-17-19-11-6-4-7-12-19/h4-9,11-14,21H,10,15-18H2,1-3H3,(H,29,35)(H,32,33)(H2,28,30,34)/t21-/m0/s1. The Morgan fingerprint density at radius 2 is 1.49 bits per heavy atom. The third-order valence-corrected chi connectivity index (χ3v) is 4.98. The summed E-state index contributed by atoms with van der Waals surface area (Å²) in [5, 5.41) is 11.8. The molecule has 210 valence electrons. The number of hydrogen-bond acceptors (Lipinski definition) is 7. The van der Waals surface area contributed by atoms with Gasteiger partial charge in [-0.2, -0.15) is 0 Å². The highest BCUT2D eigenvalue weighted by atomic mass is 16.6. The van der Waals surface area contributed by atoms with Crippen molar-refractivity contribution >= 4 is 30.2 Å². The Morgan fingerprint density at radius 1 is 0.949 bits per heavy atom. The molecule has 0 spiro atoms. The monoisotopic (exact) mass is 542 g/mol. The zero-order chi connectivity index (χ0) is 28.8. The maximum Gasteiger partial charge on any atom is 0.437 e. The topological polar surface area (TPSA) is 170 Å². The molecule has 39 heavy (non-hydrogen) atoms. The minimum atomic E-state index is -1.30. The van der Waals surface area contributed by atoms with Crippen LogP contribution in [-0.4, -0.2) is 58.4 Å². The molecule has 0 aromatic heterocycles. The maximum atomic E-state index is 12.8. The van der Waals surface area contributed by atoms with E-state index in [1.807, 2.05) is 12.1 Å². The molecule has 0 aliphatic rings. The number of benzene rings is 2. The van der Waals surface area contributed by atoms with Gasteiger partial charge in [0, 0.05) is 6.54 Å². The van der Waals surface area contributed by atoms with E-state index in [1.165, 1.54) is 0 Å². The van der Waals surface area contributed by atoms with Crippen molar-refractivity contribution in [1.82, 2.24) is 10.2 Å². The molecule has 0 fully saturated rings. The minimum Gasteiger partial charge on any atom is -0.480 e. The number of nitrogens with one attached hydrogen (secondary N) is 1. The lowest BCUT2D eigenvalue weighted by molar-refractivity contribution is -0.139. The Morgan fingerprint density at radius 3 is 2.00 bits per heavy atom. The number of aliphatic imine (C=N–C) groups is 1. The number of alkyl carbamates (subject to hydrolysis) is 1. The molecule has 2 aromatic rings. The lowest BCUT2D eigenvalue weighted by Crippen LogP contribution is -2.45. The lowest BCUT2D eigenvalue weighted by atomic mass is 10.1. The van der Waals surface area contributed by atoms with Gasteiger partial charge in [0.25, 0.3) is 0 Å². The number of carboxylic acid groups (broad SMARTS) is 1. The quantitative estimate of drug-likeness (QED) is 0.228. The molecular formula is C27H34N4O8. The molecule has 3 amide bonds. The van der Waals surface area contributed by atoms with E-state index in [4.69, 9.17) is 19.9 Å². The van der Waals surface area contributed by atoms with Crippen LogP contribution in [0.3, 0.4) is 0 Å². The first-order valence-corrected chi connectivity index (χ1v) is 12.2. The van der Waals surface area contributed by atoms with E-state index in [-0.39, 0.29) is 32.6 Å². The van der Waals surface area contributed by atoms with Gasteiger partial charge in [-0.3, -0.25) is 0 Å². The Hall–Kier alpha value is -4.61. The molecule has 0 aliphatic heterocycles. The molecule has 0 saturated heterocycles. The third-order valence-electron chi connectivity index (χ3n) is 4.98. The first-order chi connectivity index (χ1) is 18.4. The highest BCUT2D eigenvalue weighted by Gasteiger charge is 2.26. The van der Waals surface area contributed by atoms with Crippen LogP contribution in [0.15, 0.2) is 65.7 Å². The molecule has 12 heteroatoms. The summed E-state index contributed by atoms with van der Waals surface area (Å²) < 4.78 is 15.5. The van der Waals surface area contributed by atoms with Crippen LogP contribution >= 0.6 is 0 Å². The van der Waals surface area contributed by atoms with Gasteiger partial charge in [-0.25, -0.2) is 24.1 Å². The fraction of sp³-hybridized carbons (Fsp3) is 0.370. The first kappa shape index (κ1) is 30.6. The smallest absolute Gasteiger partial charge is 0.437 e. The van der Waals surface area contributed by atoms with Crippen molar-refractivity contribution in [3.63, 3.8) is 0 Å². The van der Waals surface area contributed by atoms with Crippen LogP contribution in [0, 0.1) is 0 Å². The van der Waals surface area contributed by atoms with Crippen molar-refractivity contribution in [3.8, 4) is 0 Å². The largest absolute Gasteiger partial charge is 0.480 e. The van der Waals surface area contributed by atoms with Crippen LogP contribution in [0.25, 0.3) is 0 Å². The summed E-state index contributed by atoms with van der Waals surface area (Å²) in [5.41, 5.74) is 6.59. The number of aliphatic carboxylic acids is 1. The Bertz CT molecular complexity index is 1130. The summed E-state index contributed by atoms with van der Waals surface area (Å²) in [7, 11) is 0. The van der Waals surface area contributed by atoms with Crippen LogP contribution in [0.2, 0.25) is 0 Å². The molecule has 0 unspecified atom stereocenters. The van der Waals surface area contributed by atoms with Crippen molar-refractivity contribution < 1.29 is 38.5 Å². The van der Waals surface area contributed by atoms with Gasteiger partial charge >= 0.3 is 24.2 Å². The second-order valence-electron chi connectivity index (χ2n) is 9.38. The highest BCUT2D eigenvalue weighted by molar-refractivity contribution is 5.97. The molecule has 0 saturated carbocycles. The second-order valence-corrected chi connectivity index (χ2v) is 9.38. The number of amides is 3. The van der Waals surface area contributed by atoms with E-state index < -0.39 is 41.9 Å². The van der Waals surface area contributed by atoms with E-state index in [0.717, 1.165) is 16.0 Å². The van der Waals surface area contributed by atoms with Gasteiger partial charge < -0.3 is 30.4 Å². The van der Waals surface area contributed by atoms with Gasteiger partial charge in [0.2, 0.25) is 5.96 Å². The SMILES string of the molecule is CC(C)(C)OC(=O)N[C@@H](CCCN(C(=O)OCc1ccccc1)C(N)=NC(=O)OCc1ccccc1)C(=O)O. The lowest BCUT2D eigenvalue weighted by Gasteiger charge is -2.23. The number of carbonyl (C=O) groups is 4. The van der Waals surface area contributed by atoms with E-state index in [2.05, 4.69) is 10.3 Å². The number of guanidine groups is 1. The molecule has 2 rings (SSSR count). The minimum absolute atomic E-state index is 0.0501. The zero-order valence-electron chi connectivity index (χ0n) is 22.2. The van der Waals surface area contributed by atoms with Gasteiger partial charge in [0.05, 0.1) is 0 Å². The Kier molecular flexibility index (Phi) is 11.7. The molecule has 0 heterocycles. The van der Waals surface area contributed by atoms with Crippen LogP contribution in [0.4, 0.5) is 14.4 Å². The Labute approximate surface area is 226 Å². The van der Waals surface area contributed by atoms with Crippen LogP contribution in [0.1, 0.15) is 44.7 Å². The predicted molar refractivity (Wildman–Crippen MR) is 142 cm³/mol. The number of hydrogen-bond donors (Lipinski definition) is 3.